The van der Waals surface area contributed by atoms with Gasteiger partial charge in [-0.1, -0.05) is 29.8 Å². The van der Waals surface area contributed by atoms with Gasteiger partial charge in [-0.2, -0.15) is 0 Å². The van der Waals surface area contributed by atoms with Gasteiger partial charge in [-0.3, -0.25) is 4.79 Å². The van der Waals surface area contributed by atoms with Gasteiger partial charge in [0.05, 0.1) is 11.0 Å². The molecule has 0 saturated carbocycles. The number of anilines is 1. The fourth-order valence-electron chi connectivity index (χ4n) is 3.11. The van der Waals surface area contributed by atoms with Crippen LogP contribution in [0.1, 0.15) is 24.8 Å². The number of thiocarbonyl (C=S) groups is 1. The minimum absolute atomic E-state index is 0.0744. The van der Waals surface area contributed by atoms with Gasteiger partial charge in [-0.25, -0.2) is 13.1 Å². The lowest BCUT2D eigenvalue weighted by molar-refractivity contribution is -0.119. The van der Waals surface area contributed by atoms with Crippen LogP contribution in [0, 0.1) is 0 Å². The molecule has 1 atom stereocenters. The van der Waals surface area contributed by atoms with E-state index < -0.39 is 10.0 Å². The number of amides is 1. The molecule has 1 amide bonds. The molecule has 10 heteroatoms. The monoisotopic (exact) mass is 481 g/mol. The Bertz CT molecular complexity index is 1020. The Morgan fingerprint density at radius 2 is 1.90 bits per heavy atom. The summed E-state index contributed by atoms with van der Waals surface area (Å²) in [6, 6.07) is 13.5. The quantitative estimate of drug-likeness (QED) is 0.501. The molecule has 0 radical (unpaired) electrons. The van der Waals surface area contributed by atoms with Gasteiger partial charge < -0.3 is 15.4 Å². The van der Waals surface area contributed by atoms with E-state index >= 15 is 0 Å². The molecule has 1 heterocycles. The van der Waals surface area contributed by atoms with E-state index in [1.54, 1.807) is 18.2 Å². The fraction of sp³-hybridized carbons (Fsp3) is 0.333. The molecule has 1 aliphatic heterocycles. The van der Waals surface area contributed by atoms with Crippen LogP contribution in [-0.4, -0.2) is 38.7 Å². The van der Waals surface area contributed by atoms with E-state index in [9.17, 15) is 13.2 Å². The molecule has 0 spiro atoms. The van der Waals surface area contributed by atoms with Crippen LogP contribution in [0.15, 0.2) is 53.4 Å². The van der Waals surface area contributed by atoms with Gasteiger partial charge in [-0.15, -0.1) is 0 Å². The Morgan fingerprint density at radius 3 is 2.58 bits per heavy atom. The first-order valence-electron chi connectivity index (χ1n) is 9.89. The molecule has 1 unspecified atom stereocenters. The van der Waals surface area contributed by atoms with Gasteiger partial charge in [0, 0.05) is 30.3 Å². The smallest absolute Gasteiger partial charge is 0.240 e. The van der Waals surface area contributed by atoms with Crippen LogP contribution in [0.25, 0.3) is 0 Å². The highest BCUT2D eigenvalue weighted by Crippen LogP contribution is 2.17. The average molecular weight is 482 g/mol. The molecule has 7 nitrogen and oxygen atoms in total. The lowest BCUT2D eigenvalue weighted by Gasteiger charge is -2.13. The fourth-order valence-corrected chi connectivity index (χ4v) is 4.64. The molecule has 1 aliphatic rings. The topological polar surface area (TPSA) is 96.5 Å². The molecule has 3 rings (SSSR count). The van der Waals surface area contributed by atoms with Crippen molar-refractivity contribution in [3.63, 3.8) is 0 Å². The van der Waals surface area contributed by atoms with Crippen LogP contribution >= 0.6 is 23.8 Å². The Labute approximate surface area is 192 Å². The maximum Gasteiger partial charge on any atom is 0.240 e. The number of benzene rings is 2. The minimum atomic E-state index is -3.62. The summed E-state index contributed by atoms with van der Waals surface area (Å²) >= 11 is 11.3. The largest absolute Gasteiger partial charge is 0.377 e. The molecule has 31 heavy (non-hydrogen) atoms. The molecule has 0 aliphatic carbocycles. The van der Waals surface area contributed by atoms with E-state index in [2.05, 4.69) is 15.4 Å². The molecule has 2 aromatic carbocycles. The number of hydrogen-bond donors (Lipinski definition) is 3. The first-order chi connectivity index (χ1) is 14.8. The lowest BCUT2D eigenvalue weighted by Crippen LogP contribution is -2.34. The molecule has 0 aromatic heterocycles. The van der Waals surface area contributed by atoms with E-state index in [-0.39, 0.29) is 35.0 Å². The summed E-state index contributed by atoms with van der Waals surface area (Å²) in [6.07, 6.45) is 2.46. The van der Waals surface area contributed by atoms with E-state index in [1.165, 1.54) is 12.1 Å². The summed E-state index contributed by atoms with van der Waals surface area (Å²) in [4.78, 5) is 12.3. The average Bonchev–Trinajstić information content (AvgIpc) is 3.26. The molecular formula is C21H24ClN3O4S2. The summed E-state index contributed by atoms with van der Waals surface area (Å²) in [7, 11) is -3.62. The molecular weight excluding hydrogens is 458 g/mol. The van der Waals surface area contributed by atoms with Crippen molar-refractivity contribution in [1.82, 2.24) is 10.0 Å². The standard InChI is InChI=1S/C21H24ClN3O4S2/c22-19-6-2-1-4-15(19)7-12-20(26)25-21(30)24-16-8-10-18(11-9-16)31(27,28)23-14-17-5-3-13-29-17/h1-2,4,6,8-11,17,23H,3,5,7,12-14H2,(H2,24,25,26,30). The SMILES string of the molecule is O=C(CCc1ccccc1Cl)NC(=S)Nc1ccc(S(=O)(=O)NCC2CCCO2)cc1. The van der Waals surface area contributed by atoms with Crippen molar-refractivity contribution in [2.45, 2.75) is 36.7 Å². The lowest BCUT2D eigenvalue weighted by atomic mass is 10.1. The van der Waals surface area contributed by atoms with Crippen LogP contribution in [0.4, 0.5) is 5.69 Å². The first kappa shape index (κ1) is 23.6. The highest BCUT2D eigenvalue weighted by molar-refractivity contribution is 7.89. The summed E-state index contributed by atoms with van der Waals surface area (Å²) in [6.45, 7) is 0.926. The zero-order chi connectivity index (χ0) is 22.3. The predicted molar refractivity (Wildman–Crippen MR) is 125 cm³/mol. The van der Waals surface area contributed by atoms with Crippen LogP contribution in [0.3, 0.4) is 0 Å². The maximum absolute atomic E-state index is 12.4. The third kappa shape index (κ3) is 7.26. The number of ether oxygens (including phenoxy) is 1. The third-order valence-corrected chi connectivity index (χ3v) is 6.79. The van der Waals surface area contributed by atoms with E-state index in [4.69, 9.17) is 28.6 Å². The number of nitrogens with one attached hydrogen (secondary N) is 3. The number of sulfonamides is 1. The number of rotatable bonds is 8. The van der Waals surface area contributed by atoms with Crippen molar-refractivity contribution in [1.29, 1.82) is 0 Å². The van der Waals surface area contributed by atoms with Crippen molar-refractivity contribution < 1.29 is 17.9 Å². The van der Waals surface area contributed by atoms with Gasteiger partial charge in [0.25, 0.3) is 0 Å². The summed E-state index contributed by atoms with van der Waals surface area (Å²) in [5, 5.41) is 6.24. The van der Waals surface area contributed by atoms with Crippen molar-refractivity contribution in [2.75, 3.05) is 18.5 Å². The predicted octanol–water partition coefficient (Wildman–Crippen LogP) is 3.24. The van der Waals surface area contributed by atoms with Gasteiger partial charge in [0.2, 0.25) is 15.9 Å². The molecule has 0 bridgehead atoms. The first-order valence-corrected chi connectivity index (χ1v) is 12.2. The summed E-state index contributed by atoms with van der Waals surface area (Å²) < 4.78 is 32.8. The second-order valence-electron chi connectivity index (χ2n) is 7.11. The van der Waals surface area contributed by atoms with Crippen LogP contribution < -0.4 is 15.4 Å². The summed E-state index contributed by atoms with van der Waals surface area (Å²) in [5.74, 6) is -0.241. The second-order valence-corrected chi connectivity index (χ2v) is 9.69. The van der Waals surface area contributed by atoms with Gasteiger partial charge in [-0.05, 0) is 67.4 Å². The molecule has 1 saturated heterocycles. The molecule has 3 N–H and O–H groups in total. The number of carbonyl (C=O) groups excluding carboxylic acids is 1. The molecule has 166 valence electrons. The number of aryl methyl sites for hydroxylation is 1. The van der Waals surface area contributed by atoms with Crippen molar-refractivity contribution >= 4 is 50.5 Å². The van der Waals surface area contributed by atoms with Crippen molar-refractivity contribution in [3.05, 3.63) is 59.1 Å². The Hall–Kier alpha value is -2.04. The highest BCUT2D eigenvalue weighted by Gasteiger charge is 2.20. The van der Waals surface area contributed by atoms with E-state index in [0.29, 0.717) is 23.7 Å². The van der Waals surface area contributed by atoms with Crippen molar-refractivity contribution in [3.8, 4) is 0 Å². The number of hydrogen-bond acceptors (Lipinski definition) is 5. The zero-order valence-corrected chi connectivity index (χ0v) is 19.2. The molecule has 2 aromatic rings. The Balaban J connectivity index is 1.46. The normalized spacial score (nSPS) is 16.1. The van der Waals surface area contributed by atoms with Crippen molar-refractivity contribution in [2.24, 2.45) is 0 Å². The maximum atomic E-state index is 12.4. The van der Waals surface area contributed by atoms with E-state index in [0.717, 1.165) is 18.4 Å². The van der Waals surface area contributed by atoms with E-state index in [1.807, 2.05) is 18.2 Å². The number of carbonyl (C=O) groups is 1. The van der Waals surface area contributed by atoms with Gasteiger partial charge in [0.1, 0.15) is 0 Å². The number of halogens is 1. The minimum Gasteiger partial charge on any atom is -0.377 e. The second kappa shape index (κ2) is 11.0. The van der Waals surface area contributed by atoms with Crippen LogP contribution in [0.5, 0.6) is 0 Å². The Kier molecular flexibility index (Phi) is 8.39. The van der Waals surface area contributed by atoms with Gasteiger partial charge in [0.15, 0.2) is 5.11 Å². The Morgan fingerprint density at radius 1 is 1.16 bits per heavy atom. The zero-order valence-electron chi connectivity index (χ0n) is 16.8. The molecule has 1 fully saturated rings. The van der Waals surface area contributed by atoms with Gasteiger partial charge >= 0.3 is 0 Å². The van der Waals surface area contributed by atoms with Crippen LogP contribution in [0.2, 0.25) is 5.02 Å². The van der Waals surface area contributed by atoms with Crippen LogP contribution in [-0.2, 0) is 26.0 Å². The third-order valence-electron chi connectivity index (χ3n) is 4.78. The summed E-state index contributed by atoms with van der Waals surface area (Å²) in [5.41, 5.74) is 1.46. The highest BCUT2D eigenvalue weighted by atomic mass is 35.5.